The van der Waals surface area contributed by atoms with Gasteiger partial charge in [0.15, 0.2) is 0 Å². The zero-order valence-corrected chi connectivity index (χ0v) is 18.1. The molecule has 0 bridgehead atoms. The van der Waals surface area contributed by atoms with Crippen molar-refractivity contribution < 1.29 is 9.59 Å². The highest BCUT2D eigenvalue weighted by Crippen LogP contribution is 2.30. The maximum absolute atomic E-state index is 12.9. The van der Waals surface area contributed by atoms with Crippen molar-refractivity contribution in [1.82, 2.24) is 0 Å². The number of benzene rings is 1. The number of anilines is 2. The fraction of sp³-hybridized carbons (Fsp3) is 0.375. The number of amides is 2. The highest BCUT2D eigenvalue weighted by Gasteiger charge is 2.20. The third-order valence-corrected chi connectivity index (χ3v) is 4.34. The van der Waals surface area contributed by atoms with Gasteiger partial charge >= 0.3 is 0 Å². The quantitative estimate of drug-likeness (QED) is 0.483. The molecule has 2 rings (SSSR count). The van der Waals surface area contributed by atoms with Crippen molar-refractivity contribution in [1.29, 1.82) is 5.26 Å². The van der Waals surface area contributed by atoms with Crippen molar-refractivity contribution in [3.8, 4) is 6.07 Å². The van der Waals surface area contributed by atoms with Crippen molar-refractivity contribution in [2.45, 2.75) is 60.3 Å². The second-order valence-electron chi connectivity index (χ2n) is 6.28. The molecule has 154 valence electrons. The van der Waals surface area contributed by atoms with Gasteiger partial charge in [-0.05, 0) is 49.5 Å². The Bertz CT molecular complexity index is 871. The second-order valence-corrected chi connectivity index (χ2v) is 6.28. The van der Waals surface area contributed by atoms with Crippen LogP contribution in [0.1, 0.15) is 65.0 Å². The minimum absolute atomic E-state index is 0.0932. The van der Waals surface area contributed by atoms with Crippen molar-refractivity contribution >= 4 is 23.2 Å². The topological polar surface area (TPSA) is 82.0 Å². The molecule has 1 aromatic carbocycles. The Morgan fingerprint density at radius 3 is 2.55 bits per heavy atom. The van der Waals surface area contributed by atoms with Crippen LogP contribution >= 0.6 is 0 Å². The average molecular weight is 394 g/mol. The number of carbonyl (C=O) groups is 2. The van der Waals surface area contributed by atoms with Gasteiger partial charge in [0.2, 0.25) is 5.91 Å². The molecular formula is C24H31N3O2. The number of rotatable bonds is 6. The standard InChI is InChI=1S/C22H25N3O2.C2H6/c1-4-7-9-15(6-3)19(8-5-2)22(27)24-18-12-16-10-11-20(26)25-21(16)17(13-18)14-23;1-2/h5,7-9,12-13H,4,6,10-11H2,1-3H3,(H,24,27)(H,25,26);1-2H3/b8-5-,9-7+,19-15+;. The highest BCUT2D eigenvalue weighted by molar-refractivity contribution is 6.07. The molecule has 5 nitrogen and oxygen atoms in total. The van der Waals surface area contributed by atoms with Gasteiger partial charge < -0.3 is 10.6 Å². The molecule has 0 aliphatic carbocycles. The third-order valence-electron chi connectivity index (χ3n) is 4.34. The highest BCUT2D eigenvalue weighted by atomic mass is 16.2. The number of allylic oxidation sites excluding steroid dienone is 4. The lowest BCUT2D eigenvalue weighted by molar-refractivity contribution is -0.116. The zero-order chi connectivity index (χ0) is 21.8. The van der Waals surface area contributed by atoms with Gasteiger partial charge in [-0.1, -0.05) is 52.0 Å². The molecule has 5 heteroatoms. The first kappa shape index (κ1) is 23.9. The van der Waals surface area contributed by atoms with E-state index >= 15 is 0 Å². The molecule has 0 radical (unpaired) electrons. The van der Waals surface area contributed by atoms with Crippen LogP contribution in [-0.2, 0) is 16.0 Å². The summed E-state index contributed by atoms with van der Waals surface area (Å²) in [7, 11) is 0. The number of nitrogens with one attached hydrogen (secondary N) is 2. The summed E-state index contributed by atoms with van der Waals surface area (Å²) in [6.07, 6.45) is 10.2. The SMILES string of the molecule is CC.C\C=C/C(C(=O)Nc1cc(C#N)c2c(c1)CCC(=O)N2)=C(\C=C\CC)CC. The number of nitriles is 1. The summed E-state index contributed by atoms with van der Waals surface area (Å²) in [6.45, 7) is 9.94. The monoisotopic (exact) mass is 393 g/mol. The van der Waals surface area contributed by atoms with Gasteiger partial charge in [0.25, 0.3) is 5.91 Å². The Balaban J connectivity index is 0.00000204. The molecule has 0 saturated heterocycles. The summed E-state index contributed by atoms with van der Waals surface area (Å²) in [6, 6.07) is 5.53. The summed E-state index contributed by atoms with van der Waals surface area (Å²) in [5, 5.41) is 15.1. The van der Waals surface area contributed by atoms with E-state index in [0.717, 1.165) is 24.0 Å². The number of fused-ring (bicyclic) bond motifs is 1. The van der Waals surface area contributed by atoms with Crippen LogP contribution in [0.3, 0.4) is 0 Å². The predicted molar refractivity (Wildman–Crippen MR) is 120 cm³/mol. The Morgan fingerprint density at radius 1 is 1.24 bits per heavy atom. The van der Waals surface area contributed by atoms with Crippen molar-refractivity contribution in [2.24, 2.45) is 0 Å². The van der Waals surface area contributed by atoms with Gasteiger partial charge in [0, 0.05) is 17.7 Å². The van der Waals surface area contributed by atoms with Crippen LogP contribution in [0.15, 0.2) is 47.6 Å². The first-order valence-corrected chi connectivity index (χ1v) is 10.2. The Kier molecular flexibility index (Phi) is 10.2. The van der Waals surface area contributed by atoms with Gasteiger partial charge in [0.05, 0.1) is 11.3 Å². The molecule has 0 fully saturated rings. The van der Waals surface area contributed by atoms with Gasteiger partial charge in [-0.3, -0.25) is 9.59 Å². The van der Waals surface area contributed by atoms with Crippen LogP contribution in [0.4, 0.5) is 11.4 Å². The van der Waals surface area contributed by atoms with E-state index in [9.17, 15) is 14.9 Å². The molecular weight excluding hydrogens is 362 g/mol. The summed E-state index contributed by atoms with van der Waals surface area (Å²) in [4.78, 5) is 24.5. The normalized spacial score (nSPS) is 13.7. The van der Waals surface area contributed by atoms with Crippen LogP contribution in [0.25, 0.3) is 0 Å². The molecule has 2 amide bonds. The van der Waals surface area contributed by atoms with Gasteiger partial charge in [-0.25, -0.2) is 0 Å². The zero-order valence-electron chi connectivity index (χ0n) is 18.1. The fourth-order valence-corrected chi connectivity index (χ4v) is 3.01. The van der Waals surface area contributed by atoms with Gasteiger partial charge in [0.1, 0.15) is 6.07 Å². The smallest absolute Gasteiger partial charge is 0.255 e. The van der Waals surface area contributed by atoms with Crippen molar-refractivity contribution in [2.75, 3.05) is 10.6 Å². The predicted octanol–water partition coefficient (Wildman–Crippen LogP) is 5.66. The molecule has 2 N–H and O–H groups in total. The molecule has 0 saturated carbocycles. The fourth-order valence-electron chi connectivity index (χ4n) is 3.01. The van der Waals surface area contributed by atoms with E-state index in [-0.39, 0.29) is 11.8 Å². The van der Waals surface area contributed by atoms with Crippen LogP contribution in [0.5, 0.6) is 0 Å². The Labute approximate surface area is 174 Å². The molecule has 29 heavy (non-hydrogen) atoms. The molecule has 1 aliphatic heterocycles. The van der Waals surface area contributed by atoms with Crippen LogP contribution in [-0.4, -0.2) is 11.8 Å². The van der Waals surface area contributed by atoms with E-state index in [1.165, 1.54) is 0 Å². The molecule has 1 aromatic rings. The maximum atomic E-state index is 12.9. The molecule has 1 aliphatic rings. The largest absolute Gasteiger partial charge is 0.325 e. The number of nitrogens with zero attached hydrogens (tertiary/aromatic N) is 1. The van der Waals surface area contributed by atoms with Crippen LogP contribution in [0, 0.1) is 11.3 Å². The summed E-state index contributed by atoms with van der Waals surface area (Å²) in [5.74, 6) is -0.307. The molecule has 0 aromatic heterocycles. The van der Waals surface area contributed by atoms with Crippen LogP contribution in [0.2, 0.25) is 0 Å². The lowest BCUT2D eigenvalue weighted by Crippen LogP contribution is -2.21. The summed E-state index contributed by atoms with van der Waals surface area (Å²) in [5.41, 5.74) is 3.89. The number of carbonyl (C=O) groups excluding carboxylic acids is 2. The lowest BCUT2D eigenvalue weighted by atomic mass is 9.98. The maximum Gasteiger partial charge on any atom is 0.255 e. The minimum Gasteiger partial charge on any atom is -0.325 e. The van der Waals surface area contributed by atoms with Crippen LogP contribution < -0.4 is 10.6 Å². The average Bonchev–Trinajstić information content (AvgIpc) is 2.74. The molecule has 0 spiro atoms. The van der Waals surface area contributed by atoms with E-state index in [0.29, 0.717) is 35.4 Å². The molecule has 0 atom stereocenters. The summed E-state index contributed by atoms with van der Waals surface area (Å²) < 4.78 is 0. The van der Waals surface area contributed by atoms with E-state index in [2.05, 4.69) is 23.6 Å². The van der Waals surface area contributed by atoms with Gasteiger partial charge in [-0.2, -0.15) is 5.26 Å². The molecule has 0 unspecified atom stereocenters. The summed E-state index contributed by atoms with van der Waals surface area (Å²) >= 11 is 0. The number of hydrogen-bond acceptors (Lipinski definition) is 3. The Morgan fingerprint density at radius 2 is 1.97 bits per heavy atom. The van der Waals surface area contributed by atoms with E-state index in [1.807, 2.05) is 52.0 Å². The Hall–Kier alpha value is -3.13. The van der Waals surface area contributed by atoms with E-state index < -0.39 is 0 Å². The minimum atomic E-state index is -0.214. The van der Waals surface area contributed by atoms with Crippen molar-refractivity contribution in [3.05, 3.63) is 58.7 Å². The van der Waals surface area contributed by atoms with Crippen molar-refractivity contribution in [3.63, 3.8) is 0 Å². The second kappa shape index (κ2) is 12.4. The lowest BCUT2D eigenvalue weighted by Gasteiger charge is -2.19. The number of hydrogen-bond donors (Lipinski definition) is 2. The van der Waals surface area contributed by atoms with E-state index in [1.54, 1.807) is 12.1 Å². The van der Waals surface area contributed by atoms with Gasteiger partial charge in [-0.15, -0.1) is 0 Å². The van der Waals surface area contributed by atoms with E-state index in [4.69, 9.17) is 0 Å². The first-order chi connectivity index (χ1) is 14.0. The molecule has 1 heterocycles. The first-order valence-electron chi connectivity index (χ1n) is 10.2. The third kappa shape index (κ3) is 6.46. The number of aryl methyl sites for hydroxylation is 1.